The molecule has 1 heterocycles. The highest BCUT2D eigenvalue weighted by molar-refractivity contribution is 7.89. The summed E-state index contributed by atoms with van der Waals surface area (Å²) >= 11 is 0. The number of nitrogens with one attached hydrogen (secondary N) is 1. The van der Waals surface area contributed by atoms with Gasteiger partial charge in [0, 0.05) is 25.3 Å². The van der Waals surface area contributed by atoms with Crippen molar-refractivity contribution < 1.29 is 12.8 Å². The van der Waals surface area contributed by atoms with Gasteiger partial charge in [-0.3, -0.25) is 0 Å². The van der Waals surface area contributed by atoms with Crippen LogP contribution in [0.5, 0.6) is 0 Å². The molecule has 1 aliphatic heterocycles. The van der Waals surface area contributed by atoms with Gasteiger partial charge in [-0.25, -0.2) is 17.5 Å². The van der Waals surface area contributed by atoms with Crippen molar-refractivity contribution in [3.63, 3.8) is 0 Å². The summed E-state index contributed by atoms with van der Waals surface area (Å²) in [5.41, 5.74) is 2.38. The molecule has 2 aromatic carbocycles. The maximum Gasteiger partial charge on any atom is 0.240 e. The fraction of sp³-hybridized carbons (Fsp3) is 0.400. The van der Waals surface area contributed by atoms with Crippen molar-refractivity contribution in [2.24, 2.45) is 5.92 Å². The Morgan fingerprint density at radius 3 is 2.58 bits per heavy atom. The van der Waals surface area contributed by atoms with E-state index in [9.17, 15) is 12.8 Å². The third-order valence-corrected chi connectivity index (χ3v) is 6.26. The zero-order chi connectivity index (χ0) is 18.7. The largest absolute Gasteiger partial charge is 0.371 e. The van der Waals surface area contributed by atoms with E-state index in [1.807, 2.05) is 24.3 Å². The average molecular weight is 376 g/mol. The molecule has 0 saturated carbocycles. The second-order valence-corrected chi connectivity index (χ2v) is 8.86. The third-order valence-electron chi connectivity index (χ3n) is 4.86. The van der Waals surface area contributed by atoms with Gasteiger partial charge in [0.05, 0.1) is 4.90 Å². The summed E-state index contributed by atoms with van der Waals surface area (Å²) in [6.45, 7) is 6.16. The number of hydrogen-bond donors (Lipinski definition) is 1. The second kappa shape index (κ2) is 7.76. The molecular formula is C20H25FN2O2S. The first kappa shape index (κ1) is 18.9. The Balaban J connectivity index is 1.64. The molecule has 0 aromatic heterocycles. The molecule has 1 N–H and O–H groups in total. The molecule has 0 aliphatic carbocycles. The van der Waals surface area contributed by atoms with E-state index in [4.69, 9.17) is 0 Å². The molecular weight excluding hydrogens is 351 g/mol. The molecule has 4 nitrogen and oxygen atoms in total. The zero-order valence-electron chi connectivity index (χ0n) is 15.2. The van der Waals surface area contributed by atoms with E-state index in [0.717, 1.165) is 18.7 Å². The highest BCUT2D eigenvalue weighted by atomic mass is 32.2. The Kier molecular flexibility index (Phi) is 5.63. The maximum atomic E-state index is 13.3. The van der Waals surface area contributed by atoms with Crippen molar-refractivity contribution in [1.82, 2.24) is 4.72 Å². The zero-order valence-corrected chi connectivity index (χ0v) is 16.0. The lowest BCUT2D eigenvalue weighted by Crippen LogP contribution is -2.34. The molecule has 3 rings (SSSR count). The standard InChI is InChI=1S/C20H25FN2O2S/c1-15-4-3-11-23(14-15)18-7-5-17(6-8-18)13-22-26(24,25)19-9-10-20(21)16(2)12-19/h5-10,12,15,22H,3-4,11,13-14H2,1-2H3/t15-/m1/s1. The predicted octanol–water partition coefficient (Wildman–Crippen LogP) is 3.85. The molecule has 1 aliphatic rings. The van der Waals surface area contributed by atoms with Gasteiger partial charge in [0.2, 0.25) is 10.0 Å². The van der Waals surface area contributed by atoms with Crippen LogP contribution in [0, 0.1) is 18.7 Å². The third kappa shape index (κ3) is 4.43. The number of halogens is 1. The summed E-state index contributed by atoms with van der Waals surface area (Å²) in [5, 5.41) is 0. The van der Waals surface area contributed by atoms with E-state index in [-0.39, 0.29) is 11.4 Å². The van der Waals surface area contributed by atoms with Crippen molar-refractivity contribution >= 4 is 15.7 Å². The molecule has 26 heavy (non-hydrogen) atoms. The minimum atomic E-state index is -3.66. The summed E-state index contributed by atoms with van der Waals surface area (Å²) in [7, 11) is -3.66. The van der Waals surface area contributed by atoms with Crippen molar-refractivity contribution in [2.45, 2.75) is 38.1 Å². The lowest BCUT2D eigenvalue weighted by atomic mass is 9.99. The first-order valence-electron chi connectivity index (χ1n) is 8.95. The van der Waals surface area contributed by atoms with E-state index in [1.54, 1.807) is 6.92 Å². The van der Waals surface area contributed by atoms with Crippen LogP contribution in [0.1, 0.15) is 30.9 Å². The van der Waals surface area contributed by atoms with E-state index in [2.05, 4.69) is 16.5 Å². The normalized spacial score (nSPS) is 18.1. The Bertz CT molecular complexity index is 866. The molecule has 0 spiro atoms. The molecule has 1 atom stereocenters. The number of benzene rings is 2. The quantitative estimate of drug-likeness (QED) is 0.862. The van der Waals surface area contributed by atoms with Gasteiger partial charge in [-0.2, -0.15) is 0 Å². The van der Waals surface area contributed by atoms with Crippen LogP contribution >= 0.6 is 0 Å². The number of hydrogen-bond acceptors (Lipinski definition) is 3. The number of piperidine rings is 1. The Morgan fingerprint density at radius 2 is 1.92 bits per heavy atom. The fourth-order valence-electron chi connectivity index (χ4n) is 3.29. The monoisotopic (exact) mass is 376 g/mol. The molecule has 1 saturated heterocycles. The Hall–Kier alpha value is -1.92. The van der Waals surface area contributed by atoms with E-state index in [0.29, 0.717) is 11.5 Å². The molecule has 0 bridgehead atoms. The van der Waals surface area contributed by atoms with Crippen LogP contribution in [0.4, 0.5) is 10.1 Å². The average Bonchev–Trinajstić information content (AvgIpc) is 2.63. The predicted molar refractivity (Wildman–Crippen MR) is 102 cm³/mol. The van der Waals surface area contributed by atoms with Crippen LogP contribution in [0.2, 0.25) is 0 Å². The van der Waals surface area contributed by atoms with E-state index >= 15 is 0 Å². The van der Waals surface area contributed by atoms with Crippen molar-refractivity contribution in [3.8, 4) is 0 Å². The minimum absolute atomic E-state index is 0.0790. The number of rotatable bonds is 5. The van der Waals surface area contributed by atoms with Gasteiger partial charge in [-0.15, -0.1) is 0 Å². The van der Waals surface area contributed by atoms with Gasteiger partial charge in [-0.05, 0) is 67.1 Å². The van der Waals surface area contributed by atoms with Crippen molar-refractivity contribution in [3.05, 3.63) is 59.4 Å². The summed E-state index contributed by atoms with van der Waals surface area (Å²) in [4.78, 5) is 2.46. The van der Waals surface area contributed by atoms with Gasteiger partial charge in [-0.1, -0.05) is 19.1 Å². The van der Waals surface area contributed by atoms with Gasteiger partial charge in [0.25, 0.3) is 0 Å². The molecule has 6 heteroatoms. The molecule has 0 amide bonds. The van der Waals surface area contributed by atoms with E-state index in [1.165, 1.54) is 36.7 Å². The summed E-state index contributed by atoms with van der Waals surface area (Å²) in [6, 6.07) is 11.8. The first-order chi connectivity index (χ1) is 12.3. The summed E-state index contributed by atoms with van der Waals surface area (Å²) in [6.07, 6.45) is 2.49. The van der Waals surface area contributed by atoms with Gasteiger partial charge >= 0.3 is 0 Å². The number of nitrogens with zero attached hydrogens (tertiary/aromatic N) is 1. The molecule has 2 aromatic rings. The van der Waals surface area contributed by atoms with Crippen molar-refractivity contribution in [1.29, 1.82) is 0 Å². The van der Waals surface area contributed by atoms with Crippen LogP contribution in [-0.2, 0) is 16.6 Å². The maximum absolute atomic E-state index is 13.3. The van der Waals surface area contributed by atoms with Crippen LogP contribution in [-0.4, -0.2) is 21.5 Å². The topological polar surface area (TPSA) is 49.4 Å². The number of sulfonamides is 1. The molecule has 1 fully saturated rings. The Labute approximate surface area is 155 Å². The van der Waals surface area contributed by atoms with Gasteiger partial charge < -0.3 is 4.90 Å². The van der Waals surface area contributed by atoms with Crippen LogP contribution in [0.15, 0.2) is 47.4 Å². The van der Waals surface area contributed by atoms with Crippen LogP contribution < -0.4 is 9.62 Å². The van der Waals surface area contributed by atoms with E-state index < -0.39 is 15.8 Å². The van der Waals surface area contributed by atoms with Gasteiger partial charge in [0.1, 0.15) is 5.82 Å². The first-order valence-corrected chi connectivity index (χ1v) is 10.4. The minimum Gasteiger partial charge on any atom is -0.371 e. The highest BCUT2D eigenvalue weighted by Crippen LogP contribution is 2.23. The summed E-state index contributed by atoms with van der Waals surface area (Å²) < 4.78 is 40.7. The number of anilines is 1. The molecule has 140 valence electrons. The van der Waals surface area contributed by atoms with Gasteiger partial charge in [0.15, 0.2) is 0 Å². The lowest BCUT2D eigenvalue weighted by molar-refractivity contribution is 0.447. The Morgan fingerprint density at radius 1 is 1.19 bits per heavy atom. The molecule has 0 radical (unpaired) electrons. The van der Waals surface area contributed by atoms with Crippen molar-refractivity contribution in [2.75, 3.05) is 18.0 Å². The molecule has 0 unspecified atom stereocenters. The summed E-state index contributed by atoms with van der Waals surface area (Å²) in [5.74, 6) is 0.293. The smallest absolute Gasteiger partial charge is 0.240 e. The SMILES string of the molecule is Cc1cc(S(=O)(=O)NCc2ccc(N3CCC[C@@H](C)C3)cc2)ccc1F. The highest BCUT2D eigenvalue weighted by Gasteiger charge is 2.17. The fourth-order valence-corrected chi connectivity index (χ4v) is 4.40. The number of aryl methyl sites for hydroxylation is 1. The second-order valence-electron chi connectivity index (χ2n) is 7.10. The van der Waals surface area contributed by atoms with Crippen LogP contribution in [0.3, 0.4) is 0 Å². The van der Waals surface area contributed by atoms with Crippen LogP contribution in [0.25, 0.3) is 0 Å². The lowest BCUT2D eigenvalue weighted by Gasteiger charge is -2.32.